The molecule has 0 amide bonds. The van der Waals surface area contributed by atoms with E-state index >= 15 is 0 Å². The van der Waals surface area contributed by atoms with Gasteiger partial charge in [0.1, 0.15) is 0 Å². The van der Waals surface area contributed by atoms with Crippen molar-refractivity contribution in [2.24, 2.45) is 5.92 Å². The molecule has 1 heteroatoms. The minimum absolute atomic E-state index is 0.126. The summed E-state index contributed by atoms with van der Waals surface area (Å²) in [5.41, 5.74) is 1.55. The topological polar surface area (TPSA) is 20.2 Å². The van der Waals surface area contributed by atoms with Crippen molar-refractivity contribution in [2.45, 2.75) is 44.6 Å². The van der Waals surface area contributed by atoms with Gasteiger partial charge in [-0.1, -0.05) is 18.1 Å². The van der Waals surface area contributed by atoms with Crippen LogP contribution < -0.4 is 0 Å². The molecule has 0 aromatic carbocycles. The molecular weight excluding hydrogens is 136 g/mol. The average Bonchev–Trinajstić information content (AvgIpc) is 2.04. The van der Waals surface area contributed by atoms with Crippen LogP contribution in [0.2, 0.25) is 0 Å². The standard InChI is InChI=1S/C10H16O/c11-10-6-5-8-3-1-2-4-9(8)7-10/h7-8,10-11H,1-6H2/t8-,10+/m1/s1. The van der Waals surface area contributed by atoms with Gasteiger partial charge in [0.2, 0.25) is 0 Å². The fourth-order valence-electron chi connectivity index (χ4n) is 2.36. The molecule has 11 heavy (non-hydrogen) atoms. The van der Waals surface area contributed by atoms with Gasteiger partial charge >= 0.3 is 0 Å². The molecule has 1 nitrogen and oxygen atoms in total. The van der Waals surface area contributed by atoms with Crippen LogP contribution in [-0.4, -0.2) is 11.2 Å². The Morgan fingerprint density at radius 2 is 2.09 bits per heavy atom. The highest BCUT2D eigenvalue weighted by atomic mass is 16.3. The summed E-state index contributed by atoms with van der Waals surface area (Å²) in [7, 11) is 0. The van der Waals surface area contributed by atoms with Gasteiger partial charge < -0.3 is 5.11 Å². The Balaban J connectivity index is 2.10. The van der Waals surface area contributed by atoms with Crippen molar-refractivity contribution < 1.29 is 5.11 Å². The maximum absolute atomic E-state index is 9.37. The van der Waals surface area contributed by atoms with Crippen molar-refractivity contribution in [3.63, 3.8) is 0 Å². The zero-order valence-electron chi connectivity index (χ0n) is 6.92. The van der Waals surface area contributed by atoms with E-state index in [1.807, 2.05) is 0 Å². The van der Waals surface area contributed by atoms with E-state index in [1.54, 1.807) is 5.57 Å². The molecule has 0 radical (unpaired) electrons. The summed E-state index contributed by atoms with van der Waals surface area (Å²) >= 11 is 0. The molecule has 0 aliphatic heterocycles. The Morgan fingerprint density at radius 3 is 3.00 bits per heavy atom. The van der Waals surface area contributed by atoms with Crippen molar-refractivity contribution in [2.75, 3.05) is 0 Å². The fourth-order valence-corrected chi connectivity index (χ4v) is 2.36. The molecule has 0 heterocycles. The smallest absolute Gasteiger partial charge is 0.0723 e. The van der Waals surface area contributed by atoms with Gasteiger partial charge in [-0.05, 0) is 38.0 Å². The highest BCUT2D eigenvalue weighted by Gasteiger charge is 2.23. The number of hydrogen-bond acceptors (Lipinski definition) is 1. The summed E-state index contributed by atoms with van der Waals surface area (Å²) in [4.78, 5) is 0. The first-order chi connectivity index (χ1) is 5.36. The van der Waals surface area contributed by atoms with Gasteiger partial charge in [-0.25, -0.2) is 0 Å². The Hall–Kier alpha value is -0.300. The summed E-state index contributed by atoms with van der Waals surface area (Å²) < 4.78 is 0. The van der Waals surface area contributed by atoms with Crippen LogP contribution in [-0.2, 0) is 0 Å². The van der Waals surface area contributed by atoms with Crippen LogP contribution in [0, 0.1) is 5.92 Å². The molecule has 2 aliphatic carbocycles. The van der Waals surface area contributed by atoms with Crippen LogP contribution in [0.5, 0.6) is 0 Å². The predicted octanol–water partition coefficient (Wildman–Crippen LogP) is 2.26. The Kier molecular flexibility index (Phi) is 1.99. The molecule has 1 N–H and O–H groups in total. The highest BCUT2D eigenvalue weighted by molar-refractivity contribution is 5.14. The van der Waals surface area contributed by atoms with E-state index in [1.165, 1.54) is 32.1 Å². The van der Waals surface area contributed by atoms with Crippen LogP contribution >= 0.6 is 0 Å². The van der Waals surface area contributed by atoms with Crippen LogP contribution in [0.1, 0.15) is 38.5 Å². The van der Waals surface area contributed by atoms with Crippen molar-refractivity contribution in [3.8, 4) is 0 Å². The maximum Gasteiger partial charge on any atom is 0.0723 e. The molecule has 1 fully saturated rings. The Labute approximate surface area is 68.1 Å². The normalized spacial score (nSPS) is 37.7. The number of aliphatic hydroxyl groups is 1. The number of allylic oxidation sites excluding steroid dienone is 1. The molecular formula is C10H16O. The second-order valence-electron chi connectivity index (χ2n) is 3.83. The summed E-state index contributed by atoms with van der Waals surface area (Å²) in [5.74, 6) is 0.840. The second kappa shape index (κ2) is 2.98. The third kappa shape index (κ3) is 1.48. The van der Waals surface area contributed by atoms with Gasteiger partial charge in [-0.15, -0.1) is 0 Å². The highest BCUT2D eigenvalue weighted by Crippen LogP contribution is 2.36. The molecule has 0 bridgehead atoms. The summed E-state index contributed by atoms with van der Waals surface area (Å²) in [6, 6.07) is 0. The van der Waals surface area contributed by atoms with E-state index in [2.05, 4.69) is 6.08 Å². The van der Waals surface area contributed by atoms with Crippen molar-refractivity contribution in [3.05, 3.63) is 11.6 Å². The lowest BCUT2D eigenvalue weighted by Crippen LogP contribution is -2.20. The number of hydrogen-bond donors (Lipinski definition) is 1. The van der Waals surface area contributed by atoms with Crippen molar-refractivity contribution in [1.29, 1.82) is 0 Å². The lowest BCUT2D eigenvalue weighted by Gasteiger charge is -2.30. The van der Waals surface area contributed by atoms with Gasteiger partial charge in [0.25, 0.3) is 0 Å². The first-order valence-corrected chi connectivity index (χ1v) is 4.75. The molecule has 0 saturated heterocycles. The summed E-state index contributed by atoms with van der Waals surface area (Å²) in [6.45, 7) is 0. The molecule has 1 saturated carbocycles. The molecule has 2 rings (SSSR count). The molecule has 0 spiro atoms. The predicted molar refractivity (Wildman–Crippen MR) is 45.3 cm³/mol. The van der Waals surface area contributed by atoms with Crippen LogP contribution in [0.15, 0.2) is 11.6 Å². The van der Waals surface area contributed by atoms with E-state index in [0.717, 1.165) is 12.3 Å². The summed E-state index contributed by atoms with van der Waals surface area (Å²) in [5, 5.41) is 9.37. The zero-order chi connectivity index (χ0) is 7.68. The average molecular weight is 152 g/mol. The number of aliphatic hydroxyl groups excluding tert-OH is 1. The summed E-state index contributed by atoms with van der Waals surface area (Å²) in [6.07, 6.45) is 9.57. The van der Waals surface area contributed by atoms with Crippen LogP contribution in [0.4, 0.5) is 0 Å². The second-order valence-corrected chi connectivity index (χ2v) is 3.83. The van der Waals surface area contributed by atoms with E-state index in [-0.39, 0.29) is 6.10 Å². The molecule has 62 valence electrons. The lowest BCUT2D eigenvalue weighted by molar-refractivity contribution is 0.184. The Morgan fingerprint density at radius 1 is 1.18 bits per heavy atom. The molecule has 0 aromatic heterocycles. The zero-order valence-corrected chi connectivity index (χ0v) is 6.92. The number of fused-ring (bicyclic) bond motifs is 1. The molecule has 2 aliphatic rings. The maximum atomic E-state index is 9.37. The van der Waals surface area contributed by atoms with Gasteiger partial charge in [0.15, 0.2) is 0 Å². The van der Waals surface area contributed by atoms with Gasteiger partial charge in [-0.2, -0.15) is 0 Å². The minimum Gasteiger partial charge on any atom is -0.389 e. The molecule has 2 atom stereocenters. The van der Waals surface area contributed by atoms with E-state index in [0.29, 0.717) is 0 Å². The van der Waals surface area contributed by atoms with Gasteiger partial charge in [-0.3, -0.25) is 0 Å². The van der Waals surface area contributed by atoms with E-state index in [4.69, 9.17) is 0 Å². The largest absolute Gasteiger partial charge is 0.389 e. The third-order valence-corrected chi connectivity index (χ3v) is 3.01. The van der Waals surface area contributed by atoms with Crippen molar-refractivity contribution in [1.82, 2.24) is 0 Å². The van der Waals surface area contributed by atoms with E-state index < -0.39 is 0 Å². The first kappa shape index (κ1) is 7.35. The lowest BCUT2D eigenvalue weighted by atomic mass is 9.77. The van der Waals surface area contributed by atoms with Crippen LogP contribution in [0.25, 0.3) is 0 Å². The van der Waals surface area contributed by atoms with Crippen molar-refractivity contribution >= 4 is 0 Å². The van der Waals surface area contributed by atoms with Crippen LogP contribution in [0.3, 0.4) is 0 Å². The molecule has 0 aromatic rings. The third-order valence-electron chi connectivity index (χ3n) is 3.01. The SMILES string of the molecule is O[C@@H]1C=C2CCCC[C@@H]2CC1. The molecule has 0 unspecified atom stereocenters. The van der Waals surface area contributed by atoms with Gasteiger partial charge in [0.05, 0.1) is 6.10 Å². The van der Waals surface area contributed by atoms with Gasteiger partial charge in [0, 0.05) is 0 Å². The quantitative estimate of drug-likeness (QED) is 0.528. The fraction of sp³-hybridized carbons (Fsp3) is 0.800. The number of rotatable bonds is 0. The Bertz CT molecular complexity index is 172. The van der Waals surface area contributed by atoms with E-state index in [9.17, 15) is 5.11 Å². The first-order valence-electron chi connectivity index (χ1n) is 4.75. The monoisotopic (exact) mass is 152 g/mol. The minimum atomic E-state index is -0.126.